The lowest BCUT2D eigenvalue weighted by atomic mass is 9.73. The number of carbonyl (C=O) groups excluding carboxylic acids is 1. The number of nitrogens with two attached hydrogens (primary N) is 1. The van der Waals surface area contributed by atoms with E-state index in [1.54, 1.807) is 6.08 Å². The van der Waals surface area contributed by atoms with Crippen molar-refractivity contribution < 1.29 is 9.90 Å². The Labute approximate surface area is 179 Å². The average Bonchev–Trinajstić information content (AvgIpc) is 3.10. The van der Waals surface area contributed by atoms with E-state index < -0.39 is 5.60 Å². The summed E-state index contributed by atoms with van der Waals surface area (Å²) in [5.41, 5.74) is 9.36. The fourth-order valence-corrected chi connectivity index (χ4v) is 5.54. The predicted molar refractivity (Wildman–Crippen MR) is 124 cm³/mol. The molecule has 0 radical (unpaired) electrons. The number of amides is 1. The number of hydrogen-bond donors (Lipinski definition) is 2. The molecule has 0 spiro atoms. The Hall–Kier alpha value is -1.91. The molecule has 1 aromatic carbocycles. The van der Waals surface area contributed by atoms with Crippen LogP contribution in [0.25, 0.3) is 0 Å². The molecule has 0 aliphatic rings. The molecule has 1 aromatic heterocycles. The molecule has 0 saturated carbocycles. The molecule has 3 N–H and O–H groups in total. The third-order valence-electron chi connectivity index (χ3n) is 6.53. The van der Waals surface area contributed by atoms with Gasteiger partial charge in [0.15, 0.2) is 0 Å². The molecule has 4 heteroatoms. The normalized spacial score (nSPS) is 13.9. The lowest BCUT2D eigenvalue weighted by Crippen LogP contribution is -2.26. The number of thiophene rings is 1. The zero-order valence-corrected chi connectivity index (χ0v) is 19.3. The van der Waals surface area contributed by atoms with Crippen LogP contribution in [0.3, 0.4) is 0 Å². The zero-order chi connectivity index (χ0) is 21.8. The third kappa shape index (κ3) is 4.65. The van der Waals surface area contributed by atoms with Gasteiger partial charge in [-0.05, 0) is 74.3 Å². The van der Waals surface area contributed by atoms with Gasteiger partial charge in [0, 0.05) is 10.3 Å². The second-order valence-electron chi connectivity index (χ2n) is 8.08. The number of rotatable bonds is 10. The Morgan fingerprint density at radius 1 is 1.14 bits per heavy atom. The molecule has 158 valence electrons. The van der Waals surface area contributed by atoms with Gasteiger partial charge in [0.2, 0.25) is 0 Å². The van der Waals surface area contributed by atoms with Crippen LogP contribution in [0.1, 0.15) is 83.3 Å². The van der Waals surface area contributed by atoms with Crippen LogP contribution in [0, 0.1) is 13.8 Å². The lowest BCUT2D eigenvalue weighted by Gasteiger charge is -2.32. The van der Waals surface area contributed by atoms with Crippen LogP contribution < -0.4 is 5.73 Å². The van der Waals surface area contributed by atoms with Crippen molar-refractivity contribution in [1.82, 2.24) is 0 Å². The van der Waals surface area contributed by atoms with E-state index in [4.69, 9.17) is 5.73 Å². The Balaban J connectivity index is 2.42. The smallest absolute Gasteiger partial charge is 0.259 e. The Bertz CT molecular complexity index is 879. The van der Waals surface area contributed by atoms with Crippen LogP contribution in [-0.4, -0.2) is 16.6 Å². The first-order valence-electron chi connectivity index (χ1n) is 10.5. The molecule has 3 nitrogen and oxygen atoms in total. The van der Waals surface area contributed by atoms with Crippen molar-refractivity contribution in [2.24, 2.45) is 5.73 Å². The van der Waals surface area contributed by atoms with Gasteiger partial charge in [-0.15, -0.1) is 17.9 Å². The molecule has 0 saturated heterocycles. The standard InChI is InChI=1S/C25H35NO2S/c1-7-24(28,8-2)14-13-19-11-12-20(15-17(19)5)25(9-3,10-4)21-16-18(6)22(29-21)23(26)27/h7,11-12,15-16,28H,1,8-10,13-14H2,2-6H3,(H2,26,27). The largest absolute Gasteiger partial charge is 0.386 e. The molecular weight excluding hydrogens is 378 g/mol. The van der Waals surface area contributed by atoms with Crippen LogP contribution >= 0.6 is 11.3 Å². The molecule has 1 heterocycles. The van der Waals surface area contributed by atoms with Crippen LogP contribution in [0.4, 0.5) is 0 Å². The average molecular weight is 414 g/mol. The molecule has 29 heavy (non-hydrogen) atoms. The second kappa shape index (κ2) is 9.27. The summed E-state index contributed by atoms with van der Waals surface area (Å²) in [6, 6.07) is 8.82. The van der Waals surface area contributed by atoms with E-state index in [1.165, 1.54) is 32.9 Å². The van der Waals surface area contributed by atoms with E-state index >= 15 is 0 Å². The van der Waals surface area contributed by atoms with Gasteiger partial charge >= 0.3 is 0 Å². The summed E-state index contributed by atoms with van der Waals surface area (Å²) in [6.45, 7) is 14.3. The van der Waals surface area contributed by atoms with E-state index in [9.17, 15) is 9.90 Å². The monoisotopic (exact) mass is 413 g/mol. The molecule has 1 amide bonds. The maximum atomic E-state index is 11.8. The highest BCUT2D eigenvalue weighted by Gasteiger charge is 2.34. The van der Waals surface area contributed by atoms with Crippen molar-refractivity contribution in [3.63, 3.8) is 0 Å². The van der Waals surface area contributed by atoms with Gasteiger partial charge in [-0.2, -0.15) is 0 Å². The van der Waals surface area contributed by atoms with Gasteiger partial charge < -0.3 is 10.8 Å². The van der Waals surface area contributed by atoms with Crippen molar-refractivity contribution in [2.75, 3.05) is 0 Å². The predicted octanol–water partition coefficient (Wildman–Crippen LogP) is 5.83. The first kappa shape index (κ1) is 23.4. The number of benzene rings is 1. The van der Waals surface area contributed by atoms with Gasteiger partial charge in [-0.3, -0.25) is 4.79 Å². The van der Waals surface area contributed by atoms with Crippen LogP contribution in [0.15, 0.2) is 36.9 Å². The molecule has 2 aromatic rings. The van der Waals surface area contributed by atoms with E-state index in [0.29, 0.717) is 17.7 Å². The minimum Gasteiger partial charge on any atom is -0.386 e. The quantitative estimate of drug-likeness (QED) is 0.481. The molecular formula is C25H35NO2S. The summed E-state index contributed by atoms with van der Waals surface area (Å²) >= 11 is 1.53. The van der Waals surface area contributed by atoms with E-state index in [0.717, 1.165) is 24.8 Å². The highest BCUT2D eigenvalue weighted by molar-refractivity contribution is 7.14. The van der Waals surface area contributed by atoms with E-state index in [-0.39, 0.29) is 11.3 Å². The molecule has 0 aliphatic carbocycles. The summed E-state index contributed by atoms with van der Waals surface area (Å²) < 4.78 is 0. The van der Waals surface area contributed by atoms with Crippen LogP contribution in [0.5, 0.6) is 0 Å². The van der Waals surface area contributed by atoms with Gasteiger partial charge in [-0.25, -0.2) is 0 Å². The Morgan fingerprint density at radius 3 is 2.24 bits per heavy atom. The first-order valence-corrected chi connectivity index (χ1v) is 11.3. The summed E-state index contributed by atoms with van der Waals surface area (Å²) in [5, 5.41) is 10.5. The fourth-order valence-electron chi connectivity index (χ4n) is 4.16. The number of aliphatic hydroxyl groups is 1. The molecule has 0 fully saturated rings. The molecule has 0 aliphatic heterocycles. The van der Waals surface area contributed by atoms with Crippen molar-refractivity contribution >= 4 is 17.2 Å². The second-order valence-corrected chi connectivity index (χ2v) is 9.13. The first-order chi connectivity index (χ1) is 13.7. The summed E-state index contributed by atoms with van der Waals surface area (Å²) in [5.74, 6) is -0.350. The maximum absolute atomic E-state index is 11.8. The van der Waals surface area contributed by atoms with Gasteiger partial charge in [-0.1, -0.05) is 45.0 Å². The highest BCUT2D eigenvalue weighted by Crippen LogP contribution is 2.43. The van der Waals surface area contributed by atoms with Crippen molar-refractivity contribution in [2.45, 2.75) is 77.7 Å². The number of primary amides is 1. The molecule has 1 atom stereocenters. The fraction of sp³-hybridized carbons (Fsp3) is 0.480. The topological polar surface area (TPSA) is 63.3 Å². The summed E-state index contributed by atoms with van der Waals surface area (Å²) in [4.78, 5) is 13.6. The Kier molecular flexibility index (Phi) is 7.47. The van der Waals surface area contributed by atoms with Crippen molar-refractivity contribution in [3.8, 4) is 0 Å². The number of carbonyl (C=O) groups is 1. The van der Waals surface area contributed by atoms with E-state index in [2.05, 4.69) is 51.6 Å². The van der Waals surface area contributed by atoms with E-state index in [1.807, 2.05) is 13.8 Å². The molecule has 1 unspecified atom stereocenters. The van der Waals surface area contributed by atoms with Gasteiger partial charge in [0.1, 0.15) is 0 Å². The summed E-state index contributed by atoms with van der Waals surface area (Å²) in [7, 11) is 0. The van der Waals surface area contributed by atoms with Crippen LogP contribution in [0.2, 0.25) is 0 Å². The minimum atomic E-state index is -0.804. The van der Waals surface area contributed by atoms with Gasteiger partial charge in [0.05, 0.1) is 10.5 Å². The summed E-state index contributed by atoms with van der Waals surface area (Å²) in [6.07, 6.45) is 5.72. The van der Waals surface area contributed by atoms with Gasteiger partial charge in [0.25, 0.3) is 5.91 Å². The molecule has 2 rings (SSSR count). The lowest BCUT2D eigenvalue weighted by molar-refractivity contribution is 0.0781. The third-order valence-corrected chi connectivity index (χ3v) is 7.99. The SMILES string of the molecule is C=CC(O)(CC)CCc1ccc(C(CC)(CC)c2cc(C)c(C(N)=O)s2)cc1C. The molecule has 0 bridgehead atoms. The van der Waals surface area contributed by atoms with Crippen molar-refractivity contribution in [1.29, 1.82) is 0 Å². The zero-order valence-electron chi connectivity index (χ0n) is 18.5. The number of aryl methyl sites for hydroxylation is 3. The minimum absolute atomic E-state index is 0.127. The highest BCUT2D eigenvalue weighted by atomic mass is 32.1. The number of hydrogen-bond acceptors (Lipinski definition) is 3. The maximum Gasteiger partial charge on any atom is 0.259 e. The van der Waals surface area contributed by atoms with Crippen molar-refractivity contribution in [3.05, 3.63) is 68.9 Å². The van der Waals surface area contributed by atoms with Crippen LogP contribution in [-0.2, 0) is 11.8 Å². The Morgan fingerprint density at radius 2 is 1.79 bits per heavy atom.